The third-order valence-electron chi connectivity index (χ3n) is 4.36. The van der Waals surface area contributed by atoms with Gasteiger partial charge in [-0.3, -0.25) is 4.79 Å². The van der Waals surface area contributed by atoms with E-state index < -0.39 is 23.9 Å². The van der Waals surface area contributed by atoms with Crippen molar-refractivity contribution in [2.45, 2.75) is 38.0 Å². The van der Waals surface area contributed by atoms with Gasteiger partial charge in [0.2, 0.25) is 0 Å². The zero-order valence-electron chi connectivity index (χ0n) is 10.1. The first-order valence-corrected chi connectivity index (χ1v) is 6.17. The molecule has 1 heterocycles. The minimum Gasteiger partial charge on any atom is -0.481 e. The molecule has 5 heteroatoms. The number of carbonyl (C=O) groups is 1. The number of carboxylic acid groups (broad SMARTS) is 1. The van der Waals surface area contributed by atoms with Crippen LogP contribution in [0.15, 0.2) is 0 Å². The normalized spacial score (nSPS) is 34.3. The Hall–Kier alpha value is -0.710. The Morgan fingerprint density at radius 1 is 1.47 bits per heavy atom. The van der Waals surface area contributed by atoms with E-state index in [0.717, 1.165) is 19.3 Å². The molecule has 1 atom stereocenters. The number of hydrogen-bond acceptors (Lipinski definition) is 2. The van der Waals surface area contributed by atoms with Gasteiger partial charge in [0, 0.05) is 0 Å². The molecule has 0 amide bonds. The van der Waals surface area contributed by atoms with E-state index in [2.05, 4.69) is 0 Å². The van der Waals surface area contributed by atoms with Crippen LogP contribution in [-0.4, -0.2) is 42.0 Å². The summed E-state index contributed by atoms with van der Waals surface area (Å²) in [6.45, 7) is 0.000625. The first-order valence-electron chi connectivity index (χ1n) is 6.17. The number of halogens is 2. The lowest BCUT2D eigenvalue weighted by Crippen LogP contribution is -2.59. The second-order valence-electron chi connectivity index (χ2n) is 5.58. The van der Waals surface area contributed by atoms with E-state index in [1.165, 1.54) is 4.90 Å². The molecule has 1 aliphatic carbocycles. The third-order valence-corrected chi connectivity index (χ3v) is 4.36. The Kier molecular flexibility index (Phi) is 3.14. The van der Waals surface area contributed by atoms with Gasteiger partial charge in [-0.15, -0.1) is 0 Å². The van der Waals surface area contributed by atoms with E-state index in [-0.39, 0.29) is 18.8 Å². The van der Waals surface area contributed by atoms with Crippen LogP contribution in [0.2, 0.25) is 0 Å². The molecule has 17 heavy (non-hydrogen) atoms. The summed E-state index contributed by atoms with van der Waals surface area (Å²) in [6, 6.07) is 0. The fourth-order valence-electron chi connectivity index (χ4n) is 2.93. The molecule has 0 spiro atoms. The van der Waals surface area contributed by atoms with Gasteiger partial charge in [-0.1, -0.05) is 19.3 Å². The highest BCUT2D eigenvalue weighted by molar-refractivity contribution is 5.76. The maximum Gasteiger partial charge on any atom is 0.315 e. The number of piperidine rings is 1. The molecule has 0 radical (unpaired) electrons. The number of hydrogen-bond donors (Lipinski definition) is 1. The van der Waals surface area contributed by atoms with Crippen LogP contribution in [0, 0.1) is 11.3 Å². The second-order valence-corrected chi connectivity index (χ2v) is 5.58. The number of rotatable bonds is 3. The van der Waals surface area contributed by atoms with Crippen LogP contribution < -0.4 is 0 Å². The summed E-state index contributed by atoms with van der Waals surface area (Å²) in [5.74, 6) is -4.26. The molecule has 0 aromatic carbocycles. The van der Waals surface area contributed by atoms with Crippen molar-refractivity contribution >= 4 is 5.97 Å². The first kappa shape index (κ1) is 12.7. The van der Waals surface area contributed by atoms with Crippen molar-refractivity contribution in [1.29, 1.82) is 0 Å². The van der Waals surface area contributed by atoms with Gasteiger partial charge in [0.15, 0.2) is 0 Å². The Bertz CT molecular complexity index is 318. The minimum absolute atomic E-state index is 0.0579. The standard InChI is InChI=1S/C12H19F2NO2/c1-15-6-5-11(10(16)17,12(13,14)8-15)7-9-3-2-4-9/h9H,2-8H2,1H3,(H,16,17). The zero-order valence-corrected chi connectivity index (χ0v) is 10.1. The highest BCUT2D eigenvalue weighted by atomic mass is 19.3. The van der Waals surface area contributed by atoms with Crippen molar-refractivity contribution in [2.75, 3.05) is 20.1 Å². The summed E-state index contributed by atoms with van der Waals surface area (Å²) < 4.78 is 28.2. The molecule has 2 fully saturated rings. The molecule has 1 saturated heterocycles. The van der Waals surface area contributed by atoms with Crippen LogP contribution in [0.25, 0.3) is 0 Å². The summed E-state index contributed by atoms with van der Waals surface area (Å²) in [7, 11) is 1.61. The number of alkyl halides is 2. The van der Waals surface area contributed by atoms with Crippen LogP contribution in [-0.2, 0) is 4.79 Å². The SMILES string of the molecule is CN1CCC(CC2CCC2)(C(=O)O)C(F)(F)C1. The van der Waals surface area contributed by atoms with E-state index in [4.69, 9.17) is 0 Å². The number of likely N-dealkylation sites (tertiary alicyclic amines) is 1. The molecule has 0 aromatic heterocycles. The highest BCUT2D eigenvalue weighted by Gasteiger charge is 2.61. The first-order chi connectivity index (χ1) is 7.87. The van der Waals surface area contributed by atoms with E-state index in [0.29, 0.717) is 6.54 Å². The van der Waals surface area contributed by atoms with Gasteiger partial charge in [-0.05, 0) is 32.4 Å². The van der Waals surface area contributed by atoms with Gasteiger partial charge < -0.3 is 10.0 Å². The molecule has 1 saturated carbocycles. The van der Waals surface area contributed by atoms with E-state index in [1.54, 1.807) is 7.05 Å². The van der Waals surface area contributed by atoms with Crippen molar-refractivity contribution in [3.63, 3.8) is 0 Å². The average molecular weight is 247 g/mol. The fourth-order valence-corrected chi connectivity index (χ4v) is 2.93. The number of nitrogens with zero attached hydrogens (tertiary/aromatic N) is 1. The molecule has 2 rings (SSSR count). The molecule has 3 nitrogen and oxygen atoms in total. The zero-order chi connectivity index (χ0) is 12.7. The highest BCUT2D eigenvalue weighted by Crippen LogP contribution is 2.50. The molecule has 1 N–H and O–H groups in total. The Morgan fingerprint density at radius 3 is 2.53 bits per heavy atom. The van der Waals surface area contributed by atoms with Crippen LogP contribution in [0.5, 0.6) is 0 Å². The molecular weight excluding hydrogens is 228 g/mol. The van der Waals surface area contributed by atoms with Gasteiger partial charge in [0.05, 0.1) is 6.54 Å². The van der Waals surface area contributed by atoms with Gasteiger partial charge >= 0.3 is 5.97 Å². The van der Waals surface area contributed by atoms with Crippen molar-refractivity contribution < 1.29 is 18.7 Å². The van der Waals surface area contributed by atoms with Gasteiger partial charge in [-0.25, -0.2) is 8.78 Å². The molecule has 0 aromatic rings. The molecule has 2 aliphatic rings. The van der Waals surface area contributed by atoms with E-state index in [9.17, 15) is 18.7 Å². The topological polar surface area (TPSA) is 40.5 Å². The lowest BCUT2D eigenvalue weighted by molar-refractivity contribution is -0.202. The van der Waals surface area contributed by atoms with Crippen LogP contribution in [0.3, 0.4) is 0 Å². The molecular formula is C12H19F2NO2. The average Bonchev–Trinajstić information content (AvgIpc) is 2.12. The smallest absolute Gasteiger partial charge is 0.315 e. The quantitative estimate of drug-likeness (QED) is 0.831. The molecule has 1 unspecified atom stereocenters. The number of carboxylic acids is 1. The summed E-state index contributed by atoms with van der Waals surface area (Å²) in [5.41, 5.74) is -1.83. The van der Waals surface area contributed by atoms with Gasteiger partial charge in [-0.2, -0.15) is 0 Å². The maximum atomic E-state index is 14.1. The van der Waals surface area contributed by atoms with Crippen molar-refractivity contribution in [3.8, 4) is 0 Å². The summed E-state index contributed by atoms with van der Waals surface area (Å²) in [5, 5.41) is 9.28. The van der Waals surface area contributed by atoms with Crippen molar-refractivity contribution in [1.82, 2.24) is 4.90 Å². The van der Waals surface area contributed by atoms with Crippen molar-refractivity contribution in [2.24, 2.45) is 11.3 Å². The van der Waals surface area contributed by atoms with E-state index >= 15 is 0 Å². The third kappa shape index (κ3) is 2.05. The molecule has 1 aliphatic heterocycles. The predicted molar refractivity (Wildman–Crippen MR) is 59.1 cm³/mol. The van der Waals surface area contributed by atoms with E-state index in [1.807, 2.05) is 0 Å². The summed E-state index contributed by atoms with van der Waals surface area (Å²) in [6.07, 6.45) is 3.05. The van der Waals surface area contributed by atoms with Crippen LogP contribution in [0.4, 0.5) is 8.78 Å². The predicted octanol–water partition coefficient (Wildman–Crippen LogP) is 2.22. The fraction of sp³-hybridized carbons (Fsp3) is 0.917. The monoisotopic (exact) mass is 247 g/mol. The largest absolute Gasteiger partial charge is 0.481 e. The van der Waals surface area contributed by atoms with Gasteiger partial charge in [0.1, 0.15) is 5.41 Å². The minimum atomic E-state index is -3.12. The maximum absolute atomic E-state index is 14.1. The summed E-state index contributed by atoms with van der Waals surface area (Å²) in [4.78, 5) is 12.9. The van der Waals surface area contributed by atoms with Gasteiger partial charge in [0.25, 0.3) is 5.92 Å². The Labute approximate surface area is 99.8 Å². The number of aliphatic carboxylic acids is 1. The Balaban J connectivity index is 2.22. The van der Waals surface area contributed by atoms with Crippen LogP contribution in [0.1, 0.15) is 32.1 Å². The lowest BCUT2D eigenvalue weighted by Gasteiger charge is -2.46. The van der Waals surface area contributed by atoms with Crippen LogP contribution >= 0.6 is 0 Å². The Morgan fingerprint density at radius 2 is 2.12 bits per heavy atom. The lowest BCUT2D eigenvalue weighted by atomic mass is 9.65. The molecule has 0 bridgehead atoms. The summed E-state index contributed by atoms with van der Waals surface area (Å²) >= 11 is 0. The molecule has 98 valence electrons. The van der Waals surface area contributed by atoms with Crippen molar-refractivity contribution in [3.05, 3.63) is 0 Å². The second kappa shape index (κ2) is 4.19.